The summed E-state index contributed by atoms with van der Waals surface area (Å²) < 4.78 is 6.89. The minimum absolute atomic E-state index is 0.374. The monoisotopic (exact) mass is 378 g/mol. The predicted molar refractivity (Wildman–Crippen MR) is 80.2 cm³/mol. The molecule has 2 aromatic rings. The third-order valence-electron chi connectivity index (χ3n) is 2.22. The zero-order chi connectivity index (χ0) is 12.3. The molecule has 0 N–H and O–H groups in total. The highest BCUT2D eigenvalue weighted by Crippen LogP contribution is 2.31. The topological polar surface area (TPSA) is 9.23 Å². The van der Waals surface area contributed by atoms with Crippen molar-refractivity contribution in [3.63, 3.8) is 0 Å². The minimum Gasteiger partial charge on any atom is -0.456 e. The van der Waals surface area contributed by atoms with Gasteiger partial charge in [-0.2, -0.15) is 0 Å². The van der Waals surface area contributed by atoms with Gasteiger partial charge in [0.25, 0.3) is 0 Å². The zero-order valence-corrected chi connectivity index (χ0v) is 12.5. The smallest absolute Gasteiger partial charge is 0.140 e. The molecule has 1 nitrogen and oxygen atoms in total. The van der Waals surface area contributed by atoms with Crippen molar-refractivity contribution in [1.29, 1.82) is 0 Å². The molecule has 0 amide bonds. The van der Waals surface area contributed by atoms with Gasteiger partial charge >= 0.3 is 0 Å². The van der Waals surface area contributed by atoms with E-state index in [9.17, 15) is 0 Å². The van der Waals surface area contributed by atoms with Crippen molar-refractivity contribution in [3.05, 3.63) is 56.6 Å². The molecular weight excluding hydrogens is 370 g/mol. The highest BCUT2D eigenvalue weighted by Gasteiger charge is 2.07. The normalized spacial score (nSPS) is 10.3. The SMILES string of the molecule is ClCc1cc(Cl)ccc1Oc1ccccc1I. The Balaban J connectivity index is 2.33. The summed E-state index contributed by atoms with van der Waals surface area (Å²) >= 11 is 14.0. The fraction of sp³-hybridized carbons (Fsp3) is 0.0769. The number of rotatable bonds is 3. The van der Waals surface area contributed by atoms with Gasteiger partial charge < -0.3 is 4.74 Å². The molecule has 0 saturated carbocycles. The summed E-state index contributed by atoms with van der Waals surface area (Å²) in [7, 11) is 0. The molecule has 0 unspecified atom stereocenters. The van der Waals surface area contributed by atoms with Crippen LogP contribution in [0.2, 0.25) is 5.02 Å². The average Bonchev–Trinajstić information content (AvgIpc) is 2.34. The molecular formula is C13H9Cl2IO. The van der Waals surface area contributed by atoms with Crippen molar-refractivity contribution in [2.45, 2.75) is 5.88 Å². The van der Waals surface area contributed by atoms with E-state index < -0.39 is 0 Å². The molecule has 0 saturated heterocycles. The first-order valence-corrected chi connectivity index (χ1v) is 6.96. The van der Waals surface area contributed by atoms with Crippen molar-refractivity contribution >= 4 is 45.8 Å². The Kier molecular flexibility index (Phi) is 4.54. The number of para-hydroxylation sites is 1. The second-order valence-electron chi connectivity index (χ2n) is 3.42. The molecule has 17 heavy (non-hydrogen) atoms. The Bertz CT molecular complexity index is 529. The van der Waals surface area contributed by atoms with E-state index in [1.54, 1.807) is 6.07 Å². The van der Waals surface area contributed by atoms with Gasteiger partial charge in [0.2, 0.25) is 0 Å². The highest BCUT2D eigenvalue weighted by molar-refractivity contribution is 14.1. The lowest BCUT2D eigenvalue weighted by Crippen LogP contribution is -1.91. The van der Waals surface area contributed by atoms with E-state index in [4.69, 9.17) is 27.9 Å². The predicted octanol–water partition coefficient (Wildman–Crippen LogP) is 5.48. The highest BCUT2D eigenvalue weighted by atomic mass is 127. The third-order valence-corrected chi connectivity index (χ3v) is 3.64. The summed E-state index contributed by atoms with van der Waals surface area (Å²) in [6, 6.07) is 13.3. The van der Waals surface area contributed by atoms with Crippen LogP contribution in [0.25, 0.3) is 0 Å². The van der Waals surface area contributed by atoms with Gasteiger partial charge in [0.05, 0.1) is 9.45 Å². The van der Waals surface area contributed by atoms with Crippen molar-refractivity contribution < 1.29 is 4.74 Å². The fourth-order valence-electron chi connectivity index (χ4n) is 1.40. The molecule has 0 fully saturated rings. The summed E-state index contributed by atoms with van der Waals surface area (Å²) in [5.74, 6) is 1.94. The summed E-state index contributed by atoms with van der Waals surface area (Å²) in [5, 5.41) is 0.663. The van der Waals surface area contributed by atoms with Gasteiger partial charge in [0.1, 0.15) is 11.5 Å². The summed E-state index contributed by atoms with van der Waals surface area (Å²) in [6.45, 7) is 0. The average molecular weight is 379 g/mol. The van der Waals surface area contributed by atoms with E-state index in [1.165, 1.54) is 0 Å². The Hall–Kier alpha value is -0.450. The molecule has 0 radical (unpaired) electrons. The van der Waals surface area contributed by atoms with E-state index in [-0.39, 0.29) is 0 Å². The van der Waals surface area contributed by atoms with E-state index in [2.05, 4.69) is 22.6 Å². The number of hydrogen-bond donors (Lipinski definition) is 0. The molecule has 0 atom stereocenters. The van der Waals surface area contributed by atoms with Crippen LogP contribution in [0.15, 0.2) is 42.5 Å². The molecule has 0 aliphatic heterocycles. The van der Waals surface area contributed by atoms with Crippen molar-refractivity contribution in [3.8, 4) is 11.5 Å². The largest absolute Gasteiger partial charge is 0.456 e. The first-order chi connectivity index (χ1) is 8.20. The van der Waals surface area contributed by atoms with Crippen LogP contribution in [0.4, 0.5) is 0 Å². The molecule has 2 rings (SSSR count). The van der Waals surface area contributed by atoms with Crippen LogP contribution >= 0.6 is 45.8 Å². The second kappa shape index (κ2) is 5.94. The van der Waals surface area contributed by atoms with Gasteiger partial charge in [-0.05, 0) is 52.9 Å². The van der Waals surface area contributed by atoms with E-state index >= 15 is 0 Å². The van der Waals surface area contributed by atoms with Gasteiger partial charge in [-0.25, -0.2) is 0 Å². The molecule has 0 aromatic heterocycles. The molecule has 88 valence electrons. The molecule has 2 aromatic carbocycles. The maximum absolute atomic E-state index is 5.91. The van der Waals surface area contributed by atoms with Crippen molar-refractivity contribution in [1.82, 2.24) is 0 Å². The summed E-state index contributed by atoms with van der Waals surface area (Å²) in [5.41, 5.74) is 0.888. The lowest BCUT2D eigenvalue weighted by molar-refractivity contribution is 0.475. The first kappa shape index (κ1) is 13.0. The van der Waals surface area contributed by atoms with Crippen LogP contribution in [0.5, 0.6) is 11.5 Å². The fourth-order valence-corrected chi connectivity index (χ4v) is 2.30. The quantitative estimate of drug-likeness (QED) is 0.507. The number of halogens is 3. The van der Waals surface area contributed by atoms with Crippen LogP contribution in [0.1, 0.15) is 5.56 Å². The van der Waals surface area contributed by atoms with Crippen LogP contribution < -0.4 is 4.74 Å². The first-order valence-electron chi connectivity index (χ1n) is 4.97. The van der Waals surface area contributed by atoms with Gasteiger partial charge in [-0.15, -0.1) is 11.6 Å². The molecule has 0 bridgehead atoms. The van der Waals surface area contributed by atoms with Gasteiger partial charge in [-0.3, -0.25) is 0 Å². The standard InChI is InChI=1S/C13H9Cl2IO/c14-8-9-7-10(15)5-6-12(9)17-13-4-2-1-3-11(13)16/h1-7H,8H2. The molecule has 4 heteroatoms. The number of benzene rings is 2. The maximum atomic E-state index is 5.91. The Morgan fingerprint density at radius 1 is 1.06 bits per heavy atom. The zero-order valence-electron chi connectivity index (χ0n) is 8.79. The third kappa shape index (κ3) is 3.27. The van der Waals surface area contributed by atoms with Gasteiger partial charge in [0.15, 0.2) is 0 Å². The summed E-state index contributed by atoms with van der Waals surface area (Å²) in [4.78, 5) is 0. The van der Waals surface area contributed by atoms with Gasteiger partial charge in [-0.1, -0.05) is 23.7 Å². The number of hydrogen-bond acceptors (Lipinski definition) is 1. The Morgan fingerprint density at radius 3 is 2.53 bits per heavy atom. The molecule has 0 heterocycles. The second-order valence-corrected chi connectivity index (χ2v) is 5.28. The van der Waals surface area contributed by atoms with Crippen LogP contribution in [0, 0.1) is 3.57 Å². The van der Waals surface area contributed by atoms with E-state index in [0.29, 0.717) is 10.9 Å². The minimum atomic E-state index is 0.374. The Labute approximate surface area is 124 Å². The van der Waals surface area contributed by atoms with E-state index in [0.717, 1.165) is 20.6 Å². The Morgan fingerprint density at radius 2 is 1.82 bits per heavy atom. The van der Waals surface area contributed by atoms with Crippen LogP contribution in [0.3, 0.4) is 0 Å². The van der Waals surface area contributed by atoms with E-state index in [1.807, 2.05) is 36.4 Å². The number of alkyl halides is 1. The molecule has 0 spiro atoms. The molecule has 0 aliphatic carbocycles. The van der Waals surface area contributed by atoms with Crippen molar-refractivity contribution in [2.24, 2.45) is 0 Å². The summed E-state index contributed by atoms with van der Waals surface area (Å²) in [6.07, 6.45) is 0. The lowest BCUT2D eigenvalue weighted by Gasteiger charge is -2.11. The number of ether oxygens (including phenoxy) is 1. The lowest BCUT2D eigenvalue weighted by atomic mass is 10.2. The molecule has 0 aliphatic rings. The van der Waals surface area contributed by atoms with Crippen molar-refractivity contribution in [2.75, 3.05) is 0 Å². The maximum Gasteiger partial charge on any atom is 0.140 e. The van der Waals surface area contributed by atoms with Gasteiger partial charge in [0, 0.05) is 10.6 Å². The van der Waals surface area contributed by atoms with Crippen LogP contribution in [-0.2, 0) is 5.88 Å². The van der Waals surface area contributed by atoms with Crippen LogP contribution in [-0.4, -0.2) is 0 Å².